The Morgan fingerprint density at radius 3 is 2.70 bits per heavy atom. The fourth-order valence-corrected chi connectivity index (χ4v) is 3.28. The summed E-state index contributed by atoms with van der Waals surface area (Å²) in [6, 6.07) is 9.71. The molecule has 8 heteroatoms. The summed E-state index contributed by atoms with van der Waals surface area (Å²) in [6.07, 6.45) is 0. The molecule has 1 aromatic carbocycles. The first kappa shape index (κ1) is 14.9. The van der Waals surface area contributed by atoms with Crippen molar-refractivity contribution < 1.29 is 12.6 Å². The summed E-state index contributed by atoms with van der Waals surface area (Å²) in [4.78, 5) is 0.305. The second-order valence-corrected chi connectivity index (χ2v) is 6.01. The number of rotatable bonds is 5. The fourth-order valence-electron chi connectivity index (χ4n) is 1.63. The minimum absolute atomic E-state index is 0.0578. The molecule has 0 spiro atoms. The summed E-state index contributed by atoms with van der Waals surface area (Å²) in [6.45, 7) is 3.99. The van der Waals surface area contributed by atoms with Gasteiger partial charge in [-0.1, -0.05) is 30.3 Å². The Hall–Kier alpha value is -1.51. The molecule has 0 N–H and O–H groups in total. The van der Waals surface area contributed by atoms with E-state index in [4.69, 9.17) is 0 Å². The molecule has 2 aromatic rings. The summed E-state index contributed by atoms with van der Waals surface area (Å²) >= 11 is 1.04. The van der Waals surface area contributed by atoms with Gasteiger partial charge in [-0.3, -0.25) is 8.75 Å². The molecule has 0 bridgehead atoms. The SMILES string of the molecule is CCOS(=O)(=O)/N=c1\snc(C)n1Cc1ccccc1. The van der Waals surface area contributed by atoms with Crippen molar-refractivity contribution in [1.82, 2.24) is 8.94 Å². The quantitative estimate of drug-likeness (QED) is 0.838. The molecule has 0 aliphatic rings. The van der Waals surface area contributed by atoms with E-state index in [1.807, 2.05) is 37.3 Å². The van der Waals surface area contributed by atoms with Crippen molar-refractivity contribution in [2.75, 3.05) is 6.61 Å². The number of benzene rings is 1. The van der Waals surface area contributed by atoms with E-state index in [-0.39, 0.29) is 6.61 Å². The van der Waals surface area contributed by atoms with Gasteiger partial charge in [0.05, 0.1) is 13.2 Å². The summed E-state index contributed by atoms with van der Waals surface area (Å²) in [5, 5.41) is 0. The molecule has 0 fully saturated rings. The van der Waals surface area contributed by atoms with Crippen molar-refractivity contribution >= 4 is 21.8 Å². The second-order valence-electron chi connectivity index (χ2n) is 4.01. The van der Waals surface area contributed by atoms with Gasteiger partial charge < -0.3 is 0 Å². The van der Waals surface area contributed by atoms with Crippen molar-refractivity contribution in [1.29, 1.82) is 0 Å². The topological polar surface area (TPSA) is 73.6 Å². The minimum Gasteiger partial charge on any atom is -0.299 e. The van der Waals surface area contributed by atoms with Crippen LogP contribution in [0, 0.1) is 6.92 Å². The van der Waals surface area contributed by atoms with Crippen LogP contribution in [0.15, 0.2) is 34.7 Å². The second kappa shape index (κ2) is 6.29. The highest BCUT2D eigenvalue weighted by atomic mass is 32.2. The third-order valence-corrected chi connectivity index (χ3v) is 4.40. The van der Waals surface area contributed by atoms with E-state index in [9.17, 15) is 8.42 Å². The summed E-state index contributed by atoms with van der Waals surface area (Å²) in [5.41, 5.74) is 1.05. The number of hydrogen-bond acceptors (Lipinski definition) is 5. The maximum Gasteiger partial charge on any atom is 0.383 e. The van der Waals surface area contributed by atoms with E-state index >= 15 is 0 Å². The van der Waals surface area contributed by atoms with Gasteiger partial charge in [-0.15, -0.1) is 4.40 Å². The molecule has 1 aromatic heterocycles. The molecule has 108 valence electrons. The van der Waals surface area contributed by atoms with Gasteiger partial charge in [0.25, 0.3) is 0 Å². The molecule has 2 rings (SSSR count). The first-order valence-electron chi connectivity index (χ1n) is 6.04. The first-order chi connectivity index (χ1) is 9.52. The van der Waals surface area contributed by atoms with Crippen LogP contribution in [0.3, 0.4) is 0 Å². The van der Waals surface area contributed by atoms with E-state index in [2.05, 4.69) is 13.0 Å². The van der Waals surface area contributed by atoms with E-state index in [0.717, 1.165) is 17.1 Å². The van der Waals surface area contributed by atoms with Crippen LogP contribution in [0.5, 0.6) is 0 Å². The Morgan fingerprint density at radius 2 is 2.05 bits per heavy atom. The van der Waals surface area contributed by atoms with Crippen LogP contribution in [0.25, 0.3) is 0 Å². The lowest BCUT2D eigenvalue weighted by atomic mass is 10.2. The van der Waals surface area contributed by atoms with Crippen molar-refractivity contribution in [3.05, 3.63) is 46.5 Å². The standard InChI is InChI=1S/C12H15N3O3S2/c1-3-18-20(16,17)14-12-15(10(2)13-19-12)9-11-7-5-4-6-8-11/h4-8H,3,9H2,1-2H3/b14-12-. The lowest BCUT2D eigenvalue weighted by Crippen LogP contribution is -2.19. The van der Waals surface area contributed by atoms with E-state index in [0.29, 0.717) is 17.2 Å². The van der Waals surface area contributed by atoms with E-state index in [1.165, 1.54) is 0 Å². The van der Waals surface area contributed by atoms with Crippen LogP contribution in [0.2, 0.25) is 0 Å². The zero-order chi connectivity index (χ0) is 14.6. The molecular weight excluding hydrogens is 298 g/mol. The van der Waals surface area contributed by atoms with Gasteiger partial charge in [-0.2, -0.15) is 12.8 Å². The highest BCUT2D eigenvalue weighted by molar-refractivity contribution is 7.85. The highest BCUT2D eigenvalue weighted by Crippen LogP contribution is 2.04. The molecule has 0 aliphatic carbocycles. The Morgan fingerprint density at radius 1 is 1.35 bits per heavy atom. The smallest absolute Gasteiger partial charge is 0.299 e. The highest BCUT2D eigenvalue weighted by Gasteiger charge is 2.10. The molecular formula is C12H15N3O3S2. The molecule has 0 amide bonds. The van der Waals surface area contributed by atoms with Crippen LogP contribution < -0.4 is 4.80 Å². The van der Waals surface area contributed by atoms with Crippen molar-refractivity contribution in [2.45, 2.75) is 20.4 Å². The van der Waals surface area contributed by atoms with Gasteiger partial charge >= 0.3 is 10.3 Å². The predicted molar refractivity (Wildman–Crippen MR) is 76.5 cm³/mol. The number of aryl methyl sites for hydroxylation is 1. The Bertz CT molecular complexity index is 733. The molecule has 0 radical (unpaired) electrons. The molecule has 0 atom stereocenters. The zero-order valence-electron chi connectivity index (χ0n) is 11.2. The van der Waals surface area contributed by atoms with E-state index < -0.39 is 10.3 Å². The Kier molecular flexibility index (Phi) is 4.69. The fraction of sp³-hybridized carbons (Fsp3) is 0.333. The van der Waals surface area contributed by atoms with Crippen LogP contribution in [0.1, 0.15) is 18.3 Å². The molecule has 6 nitrogen and oxygen atoms in total. The lowest BCUT2D eigenvalue weighted by molar-refractivity contribution is 0.338. The monoisotopic (exact) mass is 313 g/mol. The summed E-state index contributed by atoms with van der Waals surface area (Å²) in [7, 11) is -3.91. The Balaban J connectivity index is 2.40. The maximum absolute atomic E-state index is 11.6. The van der Waals surface area contributed by atoms with Gasteiger partial charge in [0.15, 0.2) is 0 Å². The van der Waals surface area contributed by atoms with Gasteiger partial charge in [0.1, 0.15) is 5.82 Å². The van der Waals surface area contributed by atoms with Gasteiger partial charge in [0, 0.05) is 11.5 Å². The zero-order valence-corrected chi connectivity index (χ0v) is 12.8. The Labute approximate surface area is 121 Å². The third kappa shape index (κ3) is 3.75. The molecule has 0 saturated heterocycles. The lowest BCUT2D eigenvalue weighted by Gasteiger charge is -2.04. The molecule has 0 aliphatic heterocycles. The van der Waals surface area contributed by atoms with Gasteiger partial charge in [-0.05, 0) is 19.4 Å². The number of aromatic nitrogens is 2. The third-order valence-electron chi connectivity index (χ3n) is 2.52. The number of nitrogens with zero attached hydrogens (tertiary/aromatic N) is 3. The molecule has 0 saturated carbocycles. The molecule has 0 unspecified atom stereocenters. The molecule has 1 heterocycles. The van der Waals surface area contributed by atoms with Crippen molar-refractivity contribution in [3.8, 4) is 0 Å². The largest absolute Gasteiger partial charge is 0.383 e. The normalized spacial score (nSPS) is 12.8. The van der Waals surface area contributed by atoms with Crippen molar-refractivity contribution in [3.63, 3.8) is 0 Å². The van der Waals surface area contributed by atoms with Crippen LogP contribution >= 0.6 is 11.5 Å². The van der Waals surface area contributed by atoms with Crippen LogP contribution in [-0.4, -0.2) is 24.0 Å². The van der Waals surface area contributed by atoms with Gasteiger partial charge in [0.2, 0.25) is 4.80 Å². The van der Waals surface area contributed by atoms with E-state index in [1.54, 1.807) is 11.5 Å². The minimum atomic E-state index is -3.91. The van der Waals surface area contributed by atoms with Crippen LogP contribution in [0.4, 0.5) is 0 Å². The first-order valence-corrected chi connectivity index (χ1v) is 8.18. The maximum atomic E-state index is 11.6. The van der Waals surface area contributed by atoms with Gasteiger partial charge in [-0.25, -0.2) is 0 Å². The van der Waals surface area contributed by atoms with Crippen molar-refractivity contribution in [2.24, 2.45) is 4.40 Å². The molecule has 20 heavy (non-hydrogen) atoms. The average molecular weight is 313 g/mol. The summed E-state index contributed by atoms with van der Waals surface area (Å²) < 4.78 is 37.4. The summed E-state index contributed by atoms with van der Waals surface area (Å²) in [5.74, 6) is 0.712. The van der Waals surface area contributed by atoms with Crippen LogP contribution in [-0.2, 0) is 21.0 Å². The average Bonchev–Trinajstić information content (AvgIpc) is 2.72. The predicted octanol–water partition coefficient (Wildman–Crippen LogP) is 1.48. The number of hydrogen-bond donors (Lipinski definition) is 0.